The average molecular weight is 645 g/mol. The largest absolute Gasteiger partial charge is 0.496 e. The van der Waals surface area contributed by atoms with Crippen molar-refractivity contribution in [1.82, 2.24) is 10.4 Å². The molecule has 3 unspecified atom stereocenters. The fourth-order valence-electron chi connectivity index (χ4n) is 6.92. The van der Waals surface area contributed by atoms with Crippen LogP contribution in [0.25, 0.3) is 0 Å². The number of benzene rings is 3. The summed E-state index contributed by atoms with van der Waals surface area (Å²) in [5.41, 5.74) is 3.79. The Kier molecular flexibility index (Phi) is 11.0. The van der Waals surface area contributed by atoms with Crippen LogP contribution in [0.2, 0.25) is 0 Å². The molecule has 3 aromatic rings. The number of hydrogen-bond acceptors (Lipinski definition) is 9. The van der Waals surface area contributed by atoms with Crippen LogP contribution in [-0.2, 0) is 30.5 Å². The Morgan fingerprint density at radius 2 is 1.49 bits per heavy atom. The molecule has 0 aromatic heterocycles. The molecule has 3 heterocycles. The van der Waals surface area contributed by atoms with Crippen LogP contribution < -0.4 is 10.2 Å². The second kappa shape index (κ2) is 15.1. The Bertz CT molecular complexity index is 1480. The van der Waals surface area contributed by atoms with Gasteiger partial charge < -0.3 is 24.5 Å². The molecule has 250 valence electrons. The highest BCUT2D eigenvalue weighted by Gasteiger charge is 2.50. The van der Waals surface area contributed by atoms with Crippen LogP contribution in [-0.4, -0.2) is 71.0 Å². The van der Waals surface area contributed by atoms with Crippen LogP contribution in [0, 0.1) is 5.92 Å². The Labute approximate surface area is 275 Å². The second-order valence-electron chi connectivity index (χ2n) is 12.8. The first kappa shape index (κ1) is 34.1. The van der Waals surface area contributed by atoms with Crippen molar-refractivity contribution in [1.29, 1.82) is 0 Å². The molecule has 3 aliphatic heterocycles. The molecule has 3 fully saturated rings. The molecule has 0 aliphatic carbocycles. The number of carbonyl (C=O) groups is 3. The van der Waals surface area contributed by atoms with Crippen molar-refractivity contribution in [3.8, 4) is 5.75 Å². The van der Waals surface area contributed by atoms with Gasteiger partial charge in [0.25, 0.3) is 0 Å². The number of nitrogens with one attached hydrogen (secondary N) is 1. The van der Waals surface area contributed by atoms with Crippen molar-refractivity contribution < 1.29 is 38.9 Å². The maximum atomic E-state index is 13.4. The van der Waals surface area contributed by atoms with Crippen LogP contribution in [0.1, 0.15) is 73.6 Å². The summed E-state index contributed by atoms with van der Waals surface area (Å²) in [5, 5.41) is 21.0. The molecule has 0 spiro atoms. The normalized spacial score (nSPS) is 21.7. The zero-order valence-corrected chi connectivity index (χ0v) is 27.1. The quantitative estimate of drug-likeness (QED) is 0.166. The number of piperidine rings is 3. The minimum Gasteiger partial charge on any atom is -0.496 e. The van der Waals surface area contributed by atoms with Gasteiger partial charge in [-0.1, -0.05) is 86.6 Å². The lowest BCUT2D eigenvalue weighted by Gasteiger charge is -2.53. The molecule has 0 saturated carbocycles. The van der Waals surface area contributed by atoms with Crippen LogP contribution in [0.4, 0.5) is 0 Å². The van der Waals surface area contributed by atoms with Gasteiger partial charge >= 0.3 is 17.9 Å². The van der Waals surface area contributed by atoms with E-state index in [0.29, 0.717) is 5.75 Å². The summed E-state index contributed by atoms with van der Waals surface area (Å²) < 4.78 is 11.5. The Morgan fingerprint density at radius 3 is 2.04 bits per heavy atom. The van der Waals surface area contributed by atoms with Crippen molar-refractivity contribution >= 4 is 17.9 Å². The summed E-state index contributed by atoms with van der Waals surface area (Å²) in [7, 11) is 1.54. The Hall–Kier alpha value is -4.25. The first-order valence-corrected chi connectivity index (χ1v) is 16.2. The molecule has 10 nitrogen and oxygen atoms in total. The monoisotopic (exact) mass is 644 g/mol. The smallest absolute Gasteiger partial charge is 0.336 e. The lowest BCUT2D eigenvalue weighted by molar-refractivity contribution is -0.183. The number of nitrogens with zero attached hydrogens (tertiary/aromatic N) is 1. The molecule has 3 atom stereocenters. The number of methoxy groups -OCH3 is 1. The van der Waals surface area contributed by atoms with Crippen LogP contribution in [0.15, 0.2) is 78.9 Å². The van der Waals surface area contributed by atoms with E-state index in [1.165, 1.54) is 7.11 Å². The SMILES string of the molecule is COc1ccc(C(C)C)cc1CNOC(=O)CC(O)(CC(=O)OC1C2CCN(CC2)C1C(c1ccccc1)c1ccccc1)C(=O)O. The number of hydrogen-bond donors (Lipinski definition) is 3. The second-order valence-corrected chi connectivity index (χ2v) is 12.8. The van der Waals surface area contributed by atoms with E-state index in [4.69, 9.17) is 14.3 Å². The number of ether oxygens (including phenoxy) is 2. The number of rotatable bonds is 14. The van der Waals surface area contributed by atoms with E-state index in [1.54, 1.807) is 0 Å². The summed E-state index contributed by atoms with van der Waals surface area (Å²) in [6, 6.07) is 25.7. The van der Waals surface area contributed by atoms with Gasteiger partial charge in [-0.3, -0.25) is 14.5 Å². The fraction of sp³-hybridized carbons (Fsp3) is 0.432. The van der Waals surface area contributed by atoms with E-state index in [1.807, 2.05) is 54.6 Å². The molecule has 10 heteroatoms. The number of aliphatic hydroxyl groups is 1. The summed E-state index contributed by atoms with van der Waals surface area (Å²) in [6.07, 6.45) is -0.695. The Balaban J connectivity index is 1.27. The van der Waals surface area contributed by atoms with Gasteiger partial charge in [0.2, 0.25) is 0 Å². The topological polar surface area (TPSA) is 135 Å². The highest BCUT2D eigenvalue weighted by molar-refractivity contribution is 5.89. The molecule has 3 aromatic carbocycles. The zero-order chi connectivity index (χ0) is 33.6. The molecule has 3 saturated heterocycles. The third-order valence-corrected chi connectivity index (χ3v) is 9.41. The molecule has 0 radical (unpaired) electrons. The summed E-state index contributed by atoms with van der Waals surface area (Å²) in [5.74, 6) is -2.78. The first-order chi connectivity index (χ1) is 22.6. The third-order valence-electron chi connectivity index (χ3n) is 9.41. The van der Waals surface area contributed by atoms with Gasteiger partial charge in [-0.15, -0.1) is 5.48 Å². The minimum absolute atomic E-state index is 0.0853. The number of carboxylic acid groups (broad SMARTS) is 1. The van der Waals surface area contributed by atoms with Crippen molar-refractivity contribution in [2.45, 2.75) is 75.7 Å². The fourth-order valence-corrected chi connectivity index (χ4v) is 6.92. The van der Waals surface area contributed by atoms with Gasteiger partial charge in [0, 0.05) is 11.5 Å². The van der Waals surface area contributed by atoms with Gasteiger partial charge in [0.15, 0.2) is 5.60 Å². The van der Waals surface area contributed by atoms with Gasteiger partial charge in [0.05, 0.1) is 32.5 Å². The van der Waals surface area contributed by atoms with Crippen molar-refractivity contribution in [2.75, 3.05) is 20.2 Å². The van der Waals surface area contributed by atoms with Crippen LogP contribution in [0.3, 0.4) is 0 Å². The zero-order valence-electron chi connectivity index (χ0n) is 27.1. The predicted octanol–water partition coefficient (Wildman–Crippen LogP) is 4.80. The number of esters is 1. The summed E-state index contributed by atoms with van der Waals surface area (Å²) in [4.78, 5) is 45.8. The van der Waals surface area contributed by atoms with Gasteiger partial charge in [-0.2, -0.15) is 0 Å². The van der Waals surface area contributed by atoms with E-state index in [0.717, 1.165) is 48.2 Å². The van der Waals surface area contributed by atoms with E-state index in [-0.39, 0.29) is 30.3 Å². The van der Waals surface area contributed by atoms with Crippen LogP contribution in [0.5, 0.6) is 5.75 Å². The van der Waals surface area contributed by atoms with Crippen molar-refractivity contribution in [2.24, 2.45) is 5.92 Å². The van der Waals surface area contributed by atoms with E-state index in [2.05, 4.69) is 48.5 Å². The lowest BCUT2D eigenvalue weighted by Crippen LogP contribution is -2.61. The van der Waals surface area contributed by atoms with Gasteiger partial charge in [-0.05, 0) is 60.5 Å². The van der Waals surface area contributed by atoms with E-state index < -0.39 is 42.5 Å². The molecule has 3 aliphatic rings. The van der Waals surface area contributed by atoms with E-state index in [9.17, 15) is 24.6 Å². The number of aliphatic carboxylic acids is 1. The lowest BCUT2D eigenvalue weighted by atomic mass is 9.72. The van der Waals surface area contributed by atoms with Crippen LogP contribution >= 0.6 is 0 Å². The maximum absolute atomic E-state index is 13.4. The number of carboxylic acids is 1. The number of carbonyl (C=O) groups excluding carboxylic acids is 2. The molecule has 47 heavy (non-hydrogen) atoms. The molecule has 0 amide bonds. The molecule has 2 bridgehead atoms. The molecule has 3 N–H and O–H groups in total. The first-order valence-electron chi connectivity index (χ1n) is 16.2. The van der Waals surface area contributed by atoms with Gasteiger partial charge in [-0.25, -0.2) is 4.79 Å². The molecular weight excluding hydrogens is 600 g/mol. The number of fused-ring (bicyclic) bond motifs is 3. The Morgan fingerprint density at radius 1 is 0.894 bits per heavy atom. The highest BCUT2D eigenvalue weighted by Crippen LogP contribution is 2.43. The molecular formula is C37H44N2O8. The minimum atomic E-state index is -2.72. The third kappa shape index (κ3) is 8.01. The molecule has 6 rings (SSSR count). The summed E-state index contributed by atoms with van der Waals surface area (Å²) >= 11 is 0. The summed E-state index contributed by atoms with van der Waals surface area (Å²) in [6.45, 7) is 5.93. The standard InChI is InChI=1S/C37H44N2O8/c1-24(2)28-14-15-30(45-3)29(20-28)23-38-47-32(41)22-37(44,36(42)43)21-31(40)46-35-27-16-18-39(19-17-27)34(35)33(25-10-6-4-7-11-25)26-12-8-5-9-13-26/h4-15,20,24,27,33-35,38,44H,16-19,21-23H2,1-3H3,(H,42,43). The average Bonchev–Trinajstić information content (AvgIpc) is 3.07. The highest BCUT2D eigenvalue weighted by atomic mass is 16.7. The number of hydroxylamine groups is 1. The van der Waals surface area contributed by atoms with E-state index >= 15 is 0 Å². The van der Waals surface area contributed by atoms with Crippen molar-refractivity contribution in [3.63, 3.8) is 0 Å². The maximum Gasteiger partial charge on any atom is 0.336 e. The van der Waals surface area contributed by atoms with Gasteiger partial charge in [0.1, 0.15) is 11.9 Å². The van der Waals surface area contributed by atoms with Crippen molar-refractivity contribution in [3.05, 3.63) is 101 Å². The predicted molar refractivity (Wildman–Crippen MR) is 175 cm³/mol.